The number of amides is 4. The van der Waals surface area contributed by atoms with Crippen molar-refractivity contribution in [2.24, 2.45) is 0 Å². The number of hydrogen-bond donors (Lipinski definition) is 1. The molecule has 2 aromatic rings. The first-order valence-corrected chi connectivity index (χ1v) is 8.82. The third kappa shape index (κ3) is 4.50. The second-order valence-corrected chi connectivity index (χ2v) is 6.54. The zero-order chi connectivity index (χ0) is 21.1. The lowest BCUT2D eigenvalue weighted by molar-refractivity contribution is -0.130. The van der Waals surface area contributed by atoms with E-state index in [1.165, 1.54) is 29.2 Å². The molecule has 1 N–H and O–H groups in total. The maximum atomic E-state index is 12.7. The topological polar surface area (TPSA) is 79.0 Å². The minimum Gasteiger partial charge on any atom is -0.435 e. The van der Waals surface area contributed by atoms with Gasteiger partial charge in [0.05, 0.1) is 0 Å². The van der Waals surface area contributed by atoms with E-state index < -0.39 is 37.0 Å². The largest absolute Gasteiger partial charge is 0.435 e. The molecule has 0 spiro atoms. The fraction of sp³-hybridized carbons (Fsp3) is 0.250. The van der Waals surface area contributed by atoms with E-state index in [-0.39, 0.29) is 5.75 Å². The Bertz CT molecular complexity index is 916. The molecule has 1 saturated heterocycles. The Balaban J connectivity index is 1.66. The summed E-state index contributed by atoms with van der Waals surface area (Å²) in [7, 11) is 0. The van der Waals surface area contributed by atoms with Crippen LogP contribution in [0.15, 0.2) is 48.5 Å². The normalized spacial score (nSPS) is 16.5. The Kier molecular flexibility index (Phi) is 5.76. The Hall–Kier alpha value is -3.49. The van der Waals surface area contributed by atoms with Crippen molar-refractivity contribution in [3.05, 3.63) is 54.1 Å². The molecule has 0 radical (unpaired) electrons. The average Bonchev–Trinajstić information content (AvgIpc) is 2.87. The van der Waals surface area contributed by atoms with Gasteiger partial charge in [-0.25, -0.2) is 4.79 Å². The Morgan fingerprint density at radius 3 is 2.31 bits per heavy atom. The van der Waals surface area contributed by atoms with Gasteiger partial charge in [0.25, 0.3) is 5.91 Å². The van der Waals surface area contributed by atoms with Gasteiger partial charge in [0.1, 0.15) is 18.3 Å². The zero-order valence-electron chi connectivity index (χ0n) is 15.8. The number of ether oxygens (including phenoxy) is 1. The van der Waals surface area contributed by atoms with Crippen LogP contribution in [0.5, 0.6) is 5.75 Å². The number of halogens is 2. The summed E-state index contributed by atoms with van der Waals surface area (Å²) in [6.07, 6.45) is 0. The first kappa shape index (κ1) is 20.2. The molecular weight excluding hydrogens is 384 g/mol. The van der Waals surface area contributed by atoms with Gasteiger partial charge in [-0.05, 0) is 50.2 Å². The zero-order valence-corrected chi connectivity index (χ0v) is 15.8. The summed E-state index contributed by atoms with van der Waals surface area (Å²) in [5.74, 6) is -1.12. The molecule has 1 heterocycles. The third-order valence-corrected chi connectivity index (χ3v) is 4.42. The van der Waals surface area contributed by atoms with E-state index in [0.717, 1.165) is 10.5 Å². The van der Waals surface area contributed by atoms with E-state index in [4.69, 9.17) is 0 Å². The van der Waals surface area contributed by atoms with Gasteiger partial charge in [-0.2, -0.15) is 8.78 Å². The van der Waals surface area contributed by atoms with Crippen LogP contribution in [0.2, 0.25) is 0 Å². The van der Waals surface area contributed by atoms with E-state index in [9.17, 15) is 23.2 Å². The number of rotatable bonds is 6. The van der Waals surface area contributed by atoms with E-state index in [0.29, 0.717) is 11.4 Å². The maximum absolute atomic E-state index is 12.7. The molecule has 3 rings (SSSR count). The molecule has 0 saturated carbocycles. The van der Waals surface area contributed by atoms with E-state index >= 15 is 0 Å². The lowest BCUT2D eigenvalue weighted by atomic mass is 10.2. The second-order valence-electron chi connectivity index (χ2n) is 6.54. The van der Waals surface area contributed by atoms with Gasteiger partial charge in [0.2, 0.25) is 5.91 Å². The summed E-state index contributed by atoms with van der Waals surface area (Å²) >= 11 is 0. The molecule has 2 aromatic carbocycles. The number of carbonyl (C=O) groups is 3. The highest BCUT2D eigenvalue weighted by Gasteiger charge is 2.44. The van der Waals surface area contributed by atoms with Crippen LogP contribution in [0.25, 0.3) is 0 Å². The molecule has 0 aromatic heterocycles. The Morgan fingerprint density at radius 1 is 1.10 bits per heavy atom. The fourth-order valence-electron chi connectivity index (χ4n) is 2.97. The molecule has 9 heteroatoms. The quantitative estimate of drug-likeness (QED) is 0.750. The van der Waals surface area contributed by atoms with Crippen LogP contribution in [-0.4, -0.2) is 41.9 Å². The SMILES string of the molecule is Cc1ccc(N2C(=O)N(CC(=O)Nc3ccc(OC(F)F)cc3)C(=O)[C@@H]2C)cc1. The van der Waals surface area contributed by atoms with Crippen LogP contribution in [0.1, 0.15) is 12.5 Å². The molecule has 7 nitrogen and oxygen atoms in total. The number of carbonyl (C=O) groups excluding carboxylic acids is 3. The molecular formula is C20H19F2N3O4. The highest BCUT2D eigenvalue weighted by molar-refractivity contribution is 6.16. The van der Waals surface area contributed by atoms with Gasteiger partial charge < -0.3 is 10.1 Å². The Morgan fingerprint density at radius 2 is 1.72 bits per heavy atom. The summed E-state index contributed by atoms with van der Waals surface area (Å²) in [6, 6.07) is 11.1. The monoisotopic (exact) mass is 403 g/mol. The fourth-order valence-corrected chi connectivity index (χ4v) is 2.97. The van der Waals surface area contributed by atoms with Gasteiger partial charge in [-0.3, -0.25) is 19.4 Å². The van der Waals surface area contributed by atoms with Crippen molar-refractivity contribution < 1.29 is 27.9 Å². The first-order chi connectivity index (χ1) is 13.8. The van der Waals surface area contributed by atoms with Gasteiger partial charge in [-0.15, -0.1) is 0 Å². The van der Waals surface area contributed by atoms with Crippen molar-refractivity contribution in [3.8, 4) is 5.75 Å². The molecule has 0 bridgehead atoms. The van der Waals surface area contributed by atoms with Gasteiger partial charge in [-0.1, -0.05) is 17.7 Å². The van der Waals surface area contributed by atoms with E-state index in [2.05, 4.69) is 10.1 Å². The summed E-state index contributed by atoms with van der Waals surface area (Å²) in [6.45, 7) is 0.105. The molecule has 0 aliphatic carbocycles. The molecule has 0 unspecified atom stereocenters. The highest BCUT2D eigenvalue weighted by atomic mass is 19.3. The van der Waals surface area contributed by atoms with Crippen molar-refractivity contribution in [1.29, 1.82) is 0 Å². The minimum atomic E-state index is -2.94. The summed E-state index contributed by atoms with van der Waals surface area (Å²) in [5, 5.41) is 2.52. The van der Waals surface area contributed by atoms with E-state index in [1.807, 2.05) is 19.1 Å². The third-order valence-electron chi connectivity index (χ3n) is 4.42. The molecule has 1 aliphatic heterocycles. The van der Waals surface area contributed by atoms with E-state index in [1.54, 1.807) is 19.1 Å². The van der Waals surface area contributed by atoms with Gasteiger partial charge in [0.15, 0.2) is 0 Å². The van der Waals surface area contributed by atoms with Gasteiger partial charge in [0, 0.05) is 11.4 Å². The summed E-state index contributed by atoms with van der Waals surface area (Å²) in [5.41, 5.74) is 1.90. The molecule has 1 aliphatic rings. The van der Waals surface area contributed by atoms with Crippen LogP contribution >= 0.6 is 0 Å². The lowest BCUT2D eigenvalue weighted by Crippen LogP contribution is -2.39. The number of hydrogen-bond acceptors (Lipinski definition) is 4. The highest BCUT2D eigenvalue weighted by Crippen LogP contribution is 2.26. The number of benzene rings is 2. The van der Waals surface area contributed by atoms with Crippen LogP contribution in [0, 0.1) is 6.92 Å². The van der Waals surface area contributed by atoms with Crippen molar-refractivity contribution in [2.45, 2.75) is 26.5 Å². The van der Waals surface area contributed by atoms with Crippen LogP contribution in [0.3, 0.4) is 0 Å². The van der Waals surface area contributed by atoms with Crippen molar-refractivity contribution in [2.75, 3.05) is 16.8 Å². The maximum Gasteiger partial charge on any atom is 0.387 e. The van der Waals surface area contributed by atoms with Crippen molar-refractivity contribution in [1.82, 2.24) is 4.90 Å². The predicted octanol–water partition coefficient (Wildman–Crippen LogP) is 3.39. The number of urea groups is 1. The van der Waals surface area contributed by atoms with Crippen LogP contribution in [-0.2, 0) is 9.59 Å². The summed E-state index contributed by atoms with van der Waals surface area (Å²) < 4.78 is 28.6. The predicted molar refractivity (Wildman–Crippen MR) is 102 cm³/mol. The van der Waals surface area contributed by atoms with Crippen LogP contribution in [0.4, 0.5) is 25.0 Å². The van der Waals surface area contributed by atoms with Crippen molar-refractivity contribution >= 4 is 29.2 Å². The molecule has 1 atom stereocenters. The molecule has 4 amide bonds. The van der Waals surface area contributed by atoms with Gasteiger partial charge >= 0.3 is 12.6 Å². The standard InChI is InChI=1S/C20H19F2N3O4/c1-12-3-7-15(8-4-12)25-13(2)18(27)24(20(25)28)11-17(26)23-14-5-9-16(10-6-14)29-19(21)22/h3-10,13,19H,11H2,1-2H3,(H,23,26)/t13-/m0/s1. The van der Waals surface area contributed by atoms with Crippen LogP contribution < -0.4 is 15.0 Å². The second kappa shape index (κ2) is 8.26. The molecule has 152 valence electrons. The first-order valence-electron chi connectivity index (χ1n) is 8.82. The number of anilines is 2. The average molecular weight is 403 g/mol. The number of imide groups is 1. The number of aryl methyl sites for hydroxylation is 1. The molecule has 29 heavy (non-hydrogen) atoms. The minimum absolute atomic E-state index is 0.0505. The van der Waals surface area contributed by atoms with Crippen molar-refractivity contribution in [3.63, 3.8) is 0 Å². The molecule has 1 fully saturated rings. The number of nitrogens with one attached hydrogen (secondary N) is 1. The number of alkyl halides is 2. The lowest BCUT2D eigenvalue weighted by Gasteiger charge is -2.19. The summed E-state index contributed by atoms with van der Waals surface area (Å²) in [4.78, 5) is 39.7. The Labute approximate surface area is 165 Å². The number of nitrogens with zero attached hydrogens (tertiary/aromatic N) is 2. The smallest absolute Gasteiger partial charge is 0.387 e.